The quantitative estimate of drug-likeness (QED) is 0.777. The van der Waals surface area contributed by atoms with Gasteiger partial charge < -0.3 is 5.73 Å². The molecule has 0 spiro atoms. The molecule has 4 nitrogen and oxygen atoms in total. The van der Waals surface area contributed by atoms with Gasteiger partial charge in [0.2, 0.25) is 10.0 Å². The largest absolute Gasteiger partial charge is 0.397 e. The van der Waals surface area contributed by atoms with E-state index in [1.54, 1.807) is 0 Å². The molecule has 15 heavy (non-hydrogen) atoms. The van der Waals surface area contributed by atoms with E-state index in [0.717, 1.165) is 6.07 Å². The van der Waals surface area contributed by atoms with E-state index in [4.69, 9.17) is 5.73 Å². The molecular formula is C8H10F2N2O2S. The van der Waals surface area contributed by atoms with Gasteiger partial charge in [-0.25, -0.2) is 17.2 Å². The van der Waals surface area contributed by atoms with Gasteiger partial charge >= 0.3 is 0 Å². The number of rotatable bonds is 3. The van der Waals surface area contributed by atoms with Crippen molar-refractivity contribution < 1.29 is 17.2 Å². The fourth-order valence-electron chi connectivity index (χ4n) is 0.929. The number of hydrogen-bond donors (Lipinski definition) is 2. The van der Waals surface area contributed by atoms with Gasteiger partial charge in [0.05, 0.1) is 11.4 Å². The number of anilines is 2. The topological polar surface area (TPSA) is 72.2 Å². The summed E-state index contributed by atoms with van der Waals surface area (Å²) >= 11 is 0. The second kappa shape index (κ2) is 4.01. The van der Waals surface area contributed by atoms with Crippen LogP contribution < -0.4 is 10.5 Å². The number of nitrogen functional groups attached to an aromatic ring is 1. The molecule has 0 aliphatic rings. The summed E-state index contributed by atoms with van der Waals surface area (Å²) in [5.41, 5.74) is 4.57. The molecule has 0 unspecified atom stereocenters. The van der Waals surface area contributed by atoms with E-state index < -0.39 is 27.3 Å². The third-order valence-corrected chi connectivity index (χ3v) is 3.00. The van der Waals surface area contributed by atoms with Crippen molar-refractivity contribution in [3.8, 4) is 0 Å². The molecule has 0 radical (unpaired) electrons. The van der Waals surface area contributed by atoms with E-state index in [1.807, 2.05) is 4.72 Å². The zero-order valence-electron chi connectivity index (χ0n) is 7.92. The molecule has 0 aromatic heterocycles. The number of sulfonamides is 1. The Morgan fingerprint density at radius 3 is 2.47 bits per heavy atom. The second-order valence-electron chi connectivity index (χ2n) is 2.86. The molecule has 0 bridgehead atoms. The van der Waals surface area contributed by atoms with Crippen LogP contribution >= 0.6 is 0 Å². The van der Waals surface area contributed by atoms with Gasteiger partial charge in [0.1, 0.15) is 11.5 Å². The second-order valence-corrected chi connectivity index (χ2v) is 4.87. The Balaban J connectivity index is 3.17. The Morgan fingerprint density at radius 1 is 1.40 bits per heavy atom. The van der Waals surface area contributed by atoms with Gasteiger partial charge in [-0.3, -0.25) is 4.72 Å². The Labute approximate surface area is 86.1 Å². The minimum absolute atomic E-state index is 0.219. The van der Waals surface area contributed by atoms with Gasteiger partial charge in [-0.1, -0.05) is 0 Å². The predicted octanol–water partition coefficient (Wildman–Crippen LogP) is 1.31. The fraction of sp³-hybridized carbons (Fsp3) is 0.250. The van der Waals surface area contributed by atoms with E-state index in [0.29, 0.717) is 6.07 Å². The number of hydrogen-bond acceptors (Lipinski definition) is 3. The third kappa shape index (κ3) is 2.79. The monoisotopic (exact) mass is 236 g/mol. The molecule has 0 fully saturated rings. The average molecular weight is 236 g/mol. The van der Waals surface area contributed by atoms with Crippen LogP contribution in [0.15, 0.2) is 12.1 Å². The van der Waals surface area contributed by atoms with E-state index in [-0.39, 0.29) is 11.4 Å². The minimum atomic E-state index is -3.62. The van der Waals surface area contributed by atoms with Gasteiger partial charge in [0, 0.05) is 6.07 Å². The lowest BCUT2D eigenvalue weighted by molar-refractivity contribution is 0.584. The third-order valence-electron chi connectivity index (χ3n) is 1.72. The Bertz CT molecular complexity index is 451. The molecule has 1 aromatic rings. The normalized spacial score (nSPS) is 11.4. The van der Waals surface area contributed by atoms with Crippen molar-refractivity contribution in [2.45, 2.75) is 6.92 Å². The maximum absolute atomic E-state index is 13.1. The van der Waals surface area contributed by atoms with Crippen molar-refractivity contribution in [3.05, 3.63) is 23.8 Å². The number of nitrogens with one attached hydrogen (secondary N) is 1. The molecule has 0 aliphatic carbocycles. The minimum Gasteiger partial charge on any atom is -0.397 e. The van der Waals surface area contributed by atoms with Crippen LogP contribution in [0.25, 0.3) is 0 Å². The van der Waals surface area contributed by atoms with E-state index >= 15 is 0 Å². The maximum Gasteiger partial charge on any atom is 0.232 e. The van der Waals surface area contributed by atoms with Crippen LogP contribution in [-0.4, -0.2) is 14.2 Å². The van der Waals surface area contributed by atoms with Crippen molar-refractivity contribution in [3.63, 3.8) is 0 Å². The highest BCUT2D eigenvalue weighted by molar-refractivity contribution is 7.92. The molecule has 0 amide bonds. The van der Waals surface area contributed by atoms with Gasteiger partial charge in [0.15, 0.2) is 5.82 Å². The van der Waals surface area contributed by atoms with Gasteiger partial charge in [-0.15, -0.1) is 0 Å². The molecule has 0 atom stereocenters. The lowest BCUT2D eigenvalue weighted by Crippen LogP contribution is -2.17. The molecule has 7 heteroatoms. The van der Waals surface area contributed by atoms with E-state index in [1.165, 1.54) is 6.92 Å². The molecule has 0 aliphatic heterocycles. The van der Waals surface area contributed by atoms with Crippen molar-refractivity contribution in [2.24, 2.45) is 0 Å². The highest BCUT2D eigenvalue weighted by Gasteiger charge is 2.14. The van der Waals surface area contributed by atoms with Crippen LogP contribution in [0.4, 0.5) is 20.2 Å². The fourth-order valence-corrected chi connectivity index (χ4v) is 1.60. The zero-order valence-corrected chi connectivity index (χ0v) is 8.74. The average Bonchev–Trinajstić information content (AvgIpc) is 2.11. The lowest BCUT2D eigenvalue weighted by Gasteiger charge is -2.09. The smallest absolute Gasteiger partial charge is 0.232 e. The molecule has 0 heterocycles. The molecular weight excluding hydrogens is 226 g/mol. The van der Waals surface area contributed by atoms with Crippen molar-refractivity contribution in [2.75, 3.05) is 16.2 Å². The first-order chi connectivity index (χ1) is 6.85. The molecule has 0 saturated heterocycles. The maximum atomic E-state index is 13.1. The summed E-state index contributed by atoms with van der Waals surface area (Å²) in [6.45, 7) is 1.39. The summed E-state index contributed by atoms with van der Waals surface area (Å²) in [5, 5.41) is 0. The summed E-state index contributed by atoms with van der Waals surface area (Å²) in [6, 6.07) is 1.40. The van der Waals surface area contributed by atoms with Gasteiger partial charge in [0.25, 0.3) is 0 Å². The first-order valence-electron chi connectivity index (χ1n) is 4.10. The van der Waals surface area contributed by atoms with Crippen molar-refractivity contribution >= 4 is 21.4 Å². The highest BCUT2D eigenvalue weighted by atomic mass is 32.2. The summed E-state index contributed by atoms with van der Waals surface area (Å²) in [6.07, 6.45) is 0. The highest BCUT2D eigenvalue weighted by Crippen LogP contribution is 2.24. The van der Waals surface area contributed by atoms with Crippen molar-refractivity contribution in [1.29, 1.82) is 0 Å². The van der Waals surface area contributed by atoms with E-state index in [9.17, 15) is 17.2 Å². The summed E-state index contributed by atoms with van der Waals surface area (Å²) < 4.78 is 50.0. The molecule has 3 N–H and O–H groups in total. The number of halogens is 2. The standard InChI is InChI=1S/C8H10F2N2O2S/c1-2-15(13,14)12-8-6(10)3-5(9)4-7(8)11/h3-4,12H,2,11H2,1H3. The molecule has 1 aromatic carbocycles. The summed E-state index contributed by atoms with van der Waals surface area (Å²) in [4.78, 5) is 0. The first-order valence-corrected chi connectivity index (χ1v) is 5.76. The predicted molar refractivity (Wildman–Crippen MR) is 53.9 cm³/mol. The first kappa shape index (κ1) is 11.7. The van der Waals surface area contributed by atoms with Crippen LogP contribution in [0, 0.1) is 11.6 Å². The van der Waals surface area contributed by atoms with Crippen molar-refractivity contribution in [1.82, 2.24) is 0 Å². The van der Waals surface area contributed by atoms with Crippen LogP contribution in [0.1, 0.15) is 6.92 Å². The van der Waals surface area contributed by atoms with Crippen LogP contribution in [0.2, 0.25) is 0 Å². The number of nitrogens with two attached hydrogens (primary N) is 1. The Kier molecular flexibility index (Phi) is 3.13. The Hall–Kier alpha value is -1.37. The SMILES string of the molecule is CCS(=O)(=O)Nc1c(N)cc(F)cc1F. The van der Waals surface area contributed by atoms with Crippen LogP contribution in [0.3, 0.4) is 0 Å². The summed E-state index contributed by atoms with van der Waals surface area (Å²) in [7, 11) is -3.62. The molecule has 84 valence electrons. The summed E-state index contributed by atoms with van der Waals surface area (Å²) in [5.74, 6) is -2.11. The van der Waals surface area contributed by atoms with Gasteiger partial charge in [-0.2, -0.15) is 0 Å². The van der Waals surface area contributed by atoms with Crippen LogP contribution in [-0.2, 0) is 10.0 Å². The zero-order chi connectivity index (χ0) is 11.6. The van der Waals surface area contributed by atoms with Gasteiger partial charge in [-0.05, 0) is 13.0 Å². The Morgan fingerprint density at radius 2 is 2.00 bits per heavy atom. The molecule has 0 saturated carbocycles. The van der Waals surface area contributed by atoms with Crippen LogP contribution in [0.5, 0.6) is 0 Å². The lowest BCUT2D eigenvalue weighted by atomic mass is 10.2. The molecule has 1 rings (SSSR count). The number of benzene rings is 1. The van der Waals surface area contributed by atoms with E-state index in [2.05, 4.69) is 0 Å².